The number of aliphatic hydroxyl groups is 1. The zero-order chi connectivity index (χ0) is 17.8. The van der Waals surface area contributed by atoms with E-state index in [1.807, 2.05) is 6.92 Å². The van der Waals surface area contributed by atoms with Gasteiger partial charge in [-0.05, 0) is 64.3 Å². The standard InChI is InChI=1S/C19H29N3O3/c1-3-25-18-14(8-7-11-20-18)19(24)21(2)15-9-6-10-16(17(15)23)22-12-4-5-13-22/h7-8,11,15-17,23H,3-6,9-10,12-13H2,1-2H3/t15-,16-,17-/m1/s1. The summed E-state index contributed by atoms with van der Waals surface area (Å²) in [5.74, 6) is 0.228. The molecule has 1 saturated carbocycles. The van der Waals surface area contributed by atoms with Crippen LogP contribution in [0.4, 0.5) is 0 Å². The Kier molecular flexibility index (Phi) is 5.91. The number of rotatable bonds is 5. The van der Waals surface area contributed by atoms with E-state index in [2.05, 4.69) is 9.88 Å². The van der Waals surface area contributed by atoms with Crippen LogP contribution in [0.25, 0.3) is 0 Å². The summed E-state index contributed by atoms with van der Waals surface area (Å²) >= 11 is 0. The van der Waals surface area contributed by atoms with E-state index in [1.165, 1.54) is 12.8 Å². The maximum Gasteiger partial charge on any atom is 0.259 e. The fraction of sp³-hybridized carbons (Fsp3) is 0.684. The molecule has 138 valence electrons. The van der Waals surface area contributed by atoms with Crippen molar-refractivity contribution in [1.29, 1.82) is 0 Å². The third-order valence-corrected chi connectivity index (χ3v) is 5.50. The Balaban J connectivity index is 1.75. The second-order valence-electron chi connectivity index (χ2n) is 7.00. The zero-order valence-electron chi connectivity index (χ0n) is 15.2. The van der Waals surface area contributed by atoms with Gasteiger partial charge in [0.25, 0.3) is 5.91 Å². The van der Waals surface area contributed by atoms with Gasteiger partial charge in [-0.2, -0.15) is 0 Å². The Morgan fingerprint density at radius 3 is 2.84 bits per heavy atom. The summed E-state index contributed by atoms with van der Waals surface area (Å²) in [5, 5.41) is 10.9. The van der Waals surface area contributed by atoms with E-state index >= 15 is 0 Å². The lowest BCUT2D eigenvalue weighted by molar-refractivity contribution is -0.0242. The smallest absolute Gasteiger partial charge is 0.259 e. The molecule has 2 fully saturated rings. The minimum absolute atomic E-state index is 0.136. The molecule has 25 heavy (non-hydrogen) atoms. The summed E-state index contributed by atoms with van der Waals surface area (Å²) < 4.78 is 5.50. The van der Waals surface area contributed by atoms with Crippen molar-refractivity contribution >= 4 is 5.91 Å². The Labute approximate surface area is 149 Å². The Morgan fingerprint density at radius 2 is 2.12 bits per heavy atom. The predicted molar refractivity (Wildman–Crippen MR) is 95.7 cm³/mol. The quantitative estimate of drug-likeness (QED) is 0.882. The van der Waals surface area contributed by atoms with Gasteiger partial charge in [-0.1, -0.05) is 0 Å². The topological polar surface area (TPSA) is 65.9 Å². The van der Waals surface area contributed by atoms with Crippen molar-refractivity contribution in [3.8, 4) is 5.88 Å². The molecule has 0 unspecified atom stereocenters. The minimum Gasteiger partial charge on any atom is -0.477 e. The Bertz CT molecular complexity index is 589. The molecule has 2 heterocycles. The van der Waals surface area contributed by atoms with Crippen LogP contribution in [0, 0.1) is 0 Å². The number of aromatic nitrogens is 1. The van der Waals surface area contributed by atoms with Gasteiger partial charge < -0.3 is 14.7 Å². The average Bonchev–Trinajstić information content (AvgIpc) is 3.16. The lowest BCUT2D eigenvalue weighted by Gasteiger charge is -2.43. The second kappa shape index (κ2) is 8.15. The van der Waals surface area contributed by atoms with Gasteiger partial charge in [-0.25, -0.2) is 4.98 Å². The molecule has 2 aliphatic rings. The van der Waals surface area contributed by atoms with Crippen LogP contribution in [-0.2, 0) is 0 Å². The van der Waals surface area contributed by atoms with Gasteiger partial charge in [0, 0.05) is 19.3 Å². The molecule has 3 rings (SSSR count). The summed E-state index contributed by atoms with van der Waals surface area (Å²) in [4.78, 5) is 21.2. The molecular weight excluding hydrogens is 318 g/mol. The van der Waals surface area contributed by atoms with Crippen molar-refractivity contribution in [2.24, 2.45) is 0 Å². The van der Waals surface area contributed by atoms with Crippen molar-refractivity contribution in [3.05, 3.63) is 23.9 Å². The van der Waals surface area contributed by atoms with Gasteiger partial charge in [0.2, 0.25) is 5.88 Å². The van der Waals surface area contributed by atoms with Crippen LogP contribution in [0.15, 0.2) is 18.3 Å². The molecule has 6 nitrogen and oxygen atoms in total. The van der Waals surface area contributed by atoms with Gasteiger partial charge in [0.1, 0.15) is 5.56 Å². The number of nitrogens with zero attached hydrogens (tertiary/aromatic N) is 3. The Hall–Kier alpha value is -1.66. The normalized spacial score (nSPS) is 27.2. The van der Waals surface area contributed by atoms with Gasteiger partial charge >= 0.3 is 0 Å². The first kappa shape index (κ1) is 18.1. The van der Waals surface area contributed by atoms with E-state index in [9.17, 15) is 9.90 Å². The molecule has 0 radical (unpaired) electrons. The van der Waals surface area contributed by atoms with Crippen molar-refractivity contribution in [2.45, 2.75) is 57.2 Å². The first-order valence-electron chi connectivity index (χ1n) is 9.40. The van der Waals surface area contributed by atoms with Gasteiger partial charge in [0.15, 0.2) is 0 Å². The summed E-state index contributed by atoms with van der Waals surface area (Å²) in [7, 11) is 1.78. The summed E-state index contributed by atoms with van der Waals surface area (Å²) in [6.45, 7) is 4.45. The molecule has 3 atom stereocenters. The lowest BCUT2D eigenvalue weighted by Crippen LogP contribution is -2.56. The molecule has 0 aromatic carbocycles. The molecular formula is C19H29N3O3. The largest absolute Gasteiger partial charge is 0.477 e. The molecule has 0 bridgehead atoms. The van der Waals surface area contributed by atoms with E-state index in [0.29, 0.717) is 18.1 Å². The molecule has 1 aliphatic heterocycles. The molecule has 0 spiro atoms. The van der Waals surface area contributed by atoms with Crippen LogP contribution in [-0.4, -0.2) is 70.7 Å². The molecule has 1 aliphatic carbocycles. The highest BCUT2D eigenvalue weighted by molar-refractivity contribution is 5.96. The third-order valence-electron chi connectivity index (χ3n) is 5.50. The number of pyridine rings is 1. The van der Waals surface area contributed by atoms with Crippen molar-refractivity contribution in [1.82, 2.24) is 14.8 Å². The van der Waals surface area contributed by atoms with E-state index in [-0.39, 0.29) is 18.0 Å². The number of likely N-dealkylation sites (N-methyl/N-ethyl adjacent to an activating group) is 1. The lowest BCUT2D eigenvalue weighted by atomic mass is 9.86. The van der Waals surface area contributed by atoms with Gasteiger partial charge in [0.05, 0.1) is 18.8 Å². The highest BCUT2D eigenvalue weighted by atomic mass is 16.5. The molecule has 1 N–H and O–H groups in total. The molecule has 1 amide bonds. The number of aliphatic hydroxyl groups excluding tert-OH is 1. The second-order valence-corrected chi connectivity index (χ2v) is 7.00. The maximum absolute atomic E-state index is 13.0. The number of carbonyl (C=O) groups is 1. The number of likely N-dealkylation sites (tertiary alicyclic amines) is 1. The van der Waals surface area contributed by atoms with Crippen LogP contribution >= 0.6 is 0 Å². The number of ether oxygens (including phenoxy) is 1. The van der Waals surface area contributed by atoms with Crippen LogP contribution in [0.1, 0.15) is 49.4 Å². The van der Waals surface area contributed by atoms with Crippen LogP contribution in [0.2, 0.25) is 0 Å². The zero-order valence-corrected chi connectivity index (χ0v) is 15.2. The number of carbonyl (C=O) groups excluding carboxylic acids is 1. The Morgan fingerprint density at radius 1 is 1.36 bits per heavy atom. The fourth-order valence-corrected chi connectivity index (χ4v) is 4.17. The average molecular weight is 347 g/mol. The van der Waals surface area contributed by atoms with E-state index in [0.717, 1.165) is 32.4 Å². The third kappa shape index (κ3) is 3.80. The maximum atomic E-state index is 13.0. The first-order valence-corrected chi connectivity index (χ1v) is 9.40. The minimum atomic E-state index is -0.506. The predicted octanol–water partition coefficient (Wildman–Crippen LogP) is 1.93. The van der Waals surface area contributed by atoms with Crippen LogP contribution in [0.3, 0.4) is 0 Å². The van der Waals surface area contributed by atoms with Crippen LogP contribution < -0.4 is 4.74 Å². The van der Waals surface area contributed by atoms with Crippen molar-refractivity contribution < 1.29 is 14.6 Å². The van der Waals surface area contributed by atoms with E-state index < -0.39 is 6.10 Å². The number of hydrogen-bond acceptors (Lipinski definition) is 5. The summed E-state index contributed by atoms with van der Waals surface area (Å²) in [6, 6.07) is 3.48. The fourth-order valence-electron chi connectivity index (χ4n) is 4.17. The van der Waals surface area contributed by atoms with Gasteiger partial charge in [-0.3, -0.25) is 9.69 Å². The number of hydrogen-bond donors (Lipinski definition) is 1. The van der Waals surface area contributed by atoms with Gasteiger partial charge in [-0.15, -0.1) is 0 Å². The monoisotopic (exact) mass is 347 g/mol. The first-order chi connectivity index (χ1) is 12.1. The SMILES string of the molecule is CCOc1ncccc1C(=O)N(C)[C@@H]1CCC[C@@H](N2CCCC2)[C@@H]1O. The van der Waals surface area contributed by atoms with Crippen molar-refractivity contribution in [2.75, 3.05) is 26.7 Å². The molecule has 1 saturated heterocycles. The van der Waals surface area contributed by atoms with Crippen molar-refractivity contribution in [3.63, 3.8) is 0 Å². The summed E-state index contributed by atoms with van der Waals surface area (Å²) in [5.41, 5.74) is 0.461. The molecule has 1 aromatic heterocycles. The molecule has 6 heteroatoms. The molecule has 1 aromatic rings. The van der Waals surface area contributed by atoms with Crippen LogP contribution in [0.5, 0.6) is 5.88 Å². The number of amides is 1. The highest BCUT2D eigenvalue weighted by Gasteiger charge is 2.39. The van der Waals surface area contributed by atoms with E-state index in [4.69, 9.17) is 4.74 Å². The summed E-state index contributed by atoms with van der Waals surface area (Å²) in [6.07, 6.45) is 6.40. The highest BCUT2D eigenvalue weighted by Crippen LogP contribution is 2.30. The van der Waals surface area contributed by atoms with E-state index in [1.54, 1.807) is 30.3 Å².